The van der Waals surface area contributed by atoms with E-state index in [1.165, 1.54) is 23.5 Å². The number of aliphatic hydroxyl groups excluding tert-OH is 1. The number of hydrogen-bond donors (Lipinski definition) is 3. The van der Waals surface area contributed by atoms with Crippen LogP contribution < -0.4 is 10.6 Å². The molecule has 4 nitrogen and oxygen atoms in total. The SMILES string of the molecule is Cc1ccc(NC(=O)NCC(O)c2cccc(C(F)(F)F)c2)s1. The van der Waals surface area contributed by atoms with Gasteiger partial charge in [0.15, 0.2) is 0 Å². The fourth-order valence-corrected chi connectivity index (χ4v) is 2.65. The lowest BCUT2D eigenvalue weighted by Crippen LogP contribution is -2.32. The molecule has 0 aliphatic carbocycles. The van der Waals surface area contributed by atoms with Crippen LogP contribution in [0.3, 0.4) is 0 Å². The van der Waals surface area contributed by atoms with E-state index in [-0.39, 0.29) is 12.1 Å². The number of anilines is 1. The van der Waals surface area contributed by atoms with Crippen LogP contribution in [0.2, 0.25) is 0 Å². The fraction of sp³-hybridized carbons (Fsp3) is 0.267. The molecule has 0 fully saturated rings. The maximum atomic E-state index is 12.6. The summed E-state index contributed by atoms with van der Waals surface area (Å²) in [5, 5.41) is 15.6. The van der Waals surface area contributed by atoms with Crippen molar-refractivity contribution in [1.29, 1.82) is 0 Å². The second-order valence-corrected chi connectivity index (χ2v) is 6.17. The molecule has 2 aromatic rings. The molecule has 2 rings (SSSR count). The standard InChI is InChI=1S/C15H15F3N2O2S/c1-9-5-6-13(23-9)20-14(22)19-8-12(21)10-3-2-4-11(7-10)15(16,17)18/h2-7,12,21H,8H2,1H3,(H2,19,20,22). The van der Waals surface area contributed by atoms with Crippen molar-refractivity contribution in [3.63, 3.8) is 0 Å². The number of urea groups is 1. The summed E-state index contributed by atoms with van der Waals surface area (Å²) in [6.45, 7) is 1.70. The largest absolute Gasteiger partial charge is 0.416 e. The molecular formula is C15H15F3N2O2S. The maximum Gasteiger partial charge on any atom is 0.416 e. The summed E-state index contributed by atoms with van der Waals surface area (Å²) in [4.78, 5) is 12.7. The Morgan fingerprint density at radius 2 is 2.04 bits per heavy atom. The second kappa shape index (κ2) is 7.01. The van der Waals surface area contributed by atoms with Crippen molar-refractivity contribution in [2.75, 3.05) is 11.9 Å². The highest BCUT2D eigenvalue weighted by atomic mass is 32.1. The minimum atomic E-state index is -4.47. The quantitative estimate of drug-likeness (QED) is 0.787. The molecule has 8 heteroatoms. The van der Waals surface area contributed by atoms with Crippen LogP contribution in [0.5, 0.6) is 0 Å². The van der Waals surface area contributed by atoms with Gasteiger partial charge in [-0.25, -0.2) is 4.79 Å². The smallest absolute Gasteiger partial charge is 0.387 e. The van der Waals surface area contributed by atoms with Crippen LogP contribution in [0.1, 0.15) is 22.1 Å². The van der Waals surface area contributed by atoms with Gasteiger partial charge in [-0.05, 0) is 36.8 Å². The molecule has 1 aromatic carbocycles. The third kappa shape index (κ3) is 4.97. The lowest BCUT2D eigenvalue weighted by Gasteiger charge is -2.14. The molecule has 0 spiro atoms. The van der Waals surface area contributed by atoms with Gasteiger partial charge in [0.2, 0.25) is 0 Å². The summed E-state index contributed by atoms with van der Waals surface area (Å²) < 4.78 is 37.9. The summed E-state index contributed by atoms with van der Waals surface area (Å²) in [5.41, 5.74) is -0.750. The number of thiophene rings is 1. The summed E-state index contributed by atoms with van der Waals surface area (Å²) >= 11 is 1.39. The summed E-state index contributed by atoms with van der Waals surface area (Å²) in [6, 6.07) is 7.44. The summed E-state index contributed by atoms with van der Waals surface area (Å²) in [6.07, 6.45) is -5.70. The van der Waals surface area contributed by atoms with Crippen LogP contribution in [0.4, 0.5) is 23.0 Å². The zero-order chi connectivity index (χ0) is 17.0. The van der Waals surface area contributed by atoms with Crippen LogP contribution in [-0.4, -0.2) is 17.7 Å². The van der Waals surface area contributed by atoms with Gasteiger partial charge in [0.05, 0.1) is 16.7 Å². The minimum Gasteiger partial charge on any atom is -0.387 e. The average molecular weight is 344 g/mol. The zero-order valence-corrected chi connectivity index (χ0v) is 13.0. The van der Waals surface area contributed by atoms with E-state index in [9.17, 15) is 23.1 Å². The number of alkyl halides is 3. The molecule has 1 heterocycles. The molecule has 23 heavy (non-hydrogen) atoms. The zero-order valence-electron chi connectivity index (χ0n) is 12.1. The van der Waals surface area contributed by atoms with Crippen molar-refractivity contribution in [3.8, 4) is 0 Å². The van der Waals surface area contributed by atoms with Gasteiger partial charge in [0.25, 0.3) is 0 Å². The summed E-state index contributed by atoms with van der Waals surface area (Å²) in [7, 11) is 0. The number of amides is 2. The normalized spacial score (nSPS) is 12.7. The van der Waals surface area contributed by atoms with Gasteiger partial charge >= 0.3 is 12.2 Å². The molecule has 2 amide bonds. The Balaban J connectivity index is 1.91. The van der Waals surface area contributed by atoms with Crippen molar-refractivity contribution in [1.82, 2.24) is 5.32 Å². The van der Waals surface area contributed by atoms with E-state index in [0.717, 1.165) is 17.0 Å². The number of aliphatic hydroxyl groups is 1. The van der Waals surface area contributed by atoms with E-state index in [2.05, 4.69) is 10.6 Å². The highest BCUT2D eigenvalue weighted by Crippen LogP contribution is 2.30. The molecule has 0 saturated carbocycles. The van der Waals surface area contributed by atoms with E-state index in [1.807, 2.05) is 13.0 Å². The Labute approximate surface area is 135 Å². The first kappa shape index (κ1) is 17.3. The molecule has 1 atom stereocenters. The molecule has 0 saturated heterocycles. The maximum absolute atomic E-state index is 12.6. The number of benzene rings is 1. The molecule has 0 aliphatic rings. The van der Waals surface area contributed by atoms with E-state index in [4.69, 9.17) is 0 Å². The highest BCUT2D eigenvalue weighted by Gasteiger charge is 2.30. The van der Waals surface area contributed by atoms with Crippen LogP contribution in [-0.2, 0) is 6.18 Å². The van der Waals surface area contributed by atoms with Crippen molar-refractivity contribution >= 4 is 22.4 Å². The van der Waals surface area contributed by atoms with Gasteiger partial charge in [0, 0.05) is 11.4 Å². The van der Waals surface area contributed by atoms with Crippen molar-refractivity contribution in [2.24, 2.45) is 0 Å². The number of carbonyl (C=O) groups is 1. The van der Waals surface area contributed by atoms with Crippen LogP contribution in [0, 0.1) is 6.92 Å². The van der Waals surface area contributed by atoms with Gasteiger partial charge in [0.1, 0.15) is 0 Å². The van der Waals surface area contributed by atoms with Gasteiger partial charge in [-0.1, -0.05) is 12.1 Å². The van der Waals surface area contributed by atoms with E-state index < -0.39 is 23.9 Å². The first-order valence-corrected chi connectivity index (χ1v) is 7.54. The predicted molar refractivity (Wildman–Crippen MR) is 82.5 cm³/mol. The number of carbonyl (C=O) groups excluding carboxylic acids is 1. The Bertz CT molecular complexity index is 685. The Morgan fingerprint density at radius 3 is 2.65 bits per heavy atom. The molecule has 1 unspecified atom stereocenters. The first-order chi connectivity index (χ1) is 10.8. The van der Waals surface area contributed by atoms with E-state index >= 15 is 0 Å². The van der Waals surface area contributed by atoms with Gasteiger partial charge in [-0.3, -0.25) is 5.32 Å². The van der Waals surface area contributed by atoms with Gasteiger partial charge < -0.3 is 10.4 Å². The number of aryl methyl sites for hydroxylation is 1. The number of nitrogens with one attached hydrogen (secondary N) is 2. The highest BCUT2D eigenvalue weighted by molar-refractivity contribution is 7.16. The van der Waals surface area contributed by atoms with Crippen LogP contribution >= 0.6 is 11.3 Å². The number of halogens is 3. The molecule has 0 bridgehead atoms. The third-order valence-corrected chi connectivity index (χ3v) is 3.95. The van der Waals surface area contributed by atoms with Crippen LogP contribution in [0.25, 0.3) is 0 Å². The van der Waals surface area contributed by atoms with E-state index in [0.29, 0.717) is 5.00 Å². The fourth-order valence-electron chi connectivity index (χ4n) is 1.89. The number of hydrogen-bond acceptors (Lipinski definition) is 3. The van der Waals surface area contributed by atoms with Crippen molar-refractivity contribution < 1.29 is 23.1 Å². The Morgan fingerprint density at radius 1 is 1.30 bits per heavy atom. The van der Waals surface area contributed by atoms with Crippen LogP contribution in [0.15, 0.2) is 36.4 Å². The monoisotopic (exact) mass is 344 g/mol. The second-order valence-electron chi connectivity index (χ2n) is 4.88. The Kier molecular flexibility index (Phi) is 5.27. The number of rotatable bonds is 4. The molecular weight excluding hydrogens is 329 g/mol. The van der Waals surface area contributed by atoms with Crippen molar-refractivity contribution in [2.45, 2.75) is 19.2 Å². The summed E-state index contributed by atoms with van der Waals surface area (Å²) in [5.74, 6) is 0. The first-order valence-electron chi connectivity index (χ1n) is 6.72. The Hall–Kier alpha value is -2.06. The molecule has 124 valence electrons. The average Bonchev–Trinajstić information content (AvgIpc) is 2.89. The molecule has 3 N–H and O–H groups in total. The topological polar surface area (TPSA) is 61.4 Å². The third-order valence-electron chi connectivity index (χ3n) is 3.03. The lowest BCUT2D eigenvalue weighted by atomic mass is 10.1. The van der Waals surface area contributed by atoms with E-state index in [1.54, 1.807) is 6.07 Å². The van der Waals surface area contributed by atoms with Gasteiger partial charge in [-0.15, -0.1) is 11.3 Å². The lowest BCUT2D eigenvalue weighted by molar-refractivity contribution is -0.137. The predicted octanol–water partition coefficient (Wildman–Crippen LogP) is 3.93. The molecule has 0 radical (unpaired) electrons. The van der Waals surface area contributed by atoms with Crippen molar-refractivity contribution in [3.05, 3.63) is 52.4 Å². The minimum absolute atomic E-state index is 0.0899. The molecule has 0 aliphatic heterocycles. The van der Waals surface area contributed by atoms with Gasteiger partial charge in [-0.2, -0.15) is 13.2 Å². The molecule has 1 aromatic heterocycles.